The summed E-state index contributed by atoms with van der Waals surface area (Å²) in [5.74, 6) is -1.31. The van der Waals surface area contributed by atoms with Crippen LogP contribution in [0.2, 0.25) is 0 Å². The first-order valence-electron chi connectivity index (χ1n) is 6.09. The van der Waals surface area contributed by atoms with Gasteiger partial charge >= 0.3 is 0 Å². The molecule has 0 aliphatic heterocycles. The van der Waals surface area contributed by atoms with Crippen LogP contribution in [0.1, 0.15) is 39.0 Å². The van der Waals surface area contributed by atoms with Gasteiger partial charge in [-0.3, -0.25) is 8.74 Å². The van der Waals surface area contributed by atoms with Crippen molar-refractivity contribution in [2.75, 3.05) is 11.5 Å². The summed E-state index contributed by atoms with van der Waals surface area (Å²) >= 11 is 0. The molecular weight excluding hydrogens is 280 g/mol. The second kappa shape index (κ2) is 6.31. The molecule has 0 heterocycles. The van der Waals surface area contributed by atoms with Gasteiger partial charge in [-0.05, 0) is 18.8 Å². The predicted molar refractivity (Wildman–Crippen MR) is 67.3 cm³/mol. The second-order valence-electron chi connectivity index (χ2n) is 4.64. The molecule has 0 aromatic carbocycles. The Kier molecular flexibility index (Phi) is 5.57. The normalized spacial score (nSPS) is 26.1. The maximum absolute atomic E-state index is 11.6. The van der Waals surface area contributed by atoms with E-state index in [-0.39, 0.29) is 12.0 Å². The topological polar surface area (TPSA) is 97.7 Å². The fourth-order valence-electron chi connectivity index (χ4n) is 2.21. The highest BCUT2D eigenvalue weighted by molar-refractivity contribution is 7.90. The lowest BCUT2D eigenvalue weighted by molar-refractivity contribution is 0.0969. The quantitative estimate of drug-likeness (QED) is 0.584. The van der Waals surface area contributed by atoms with Crippen molar-refractivity contribution < 1.29 is 25.6 Å². The molecule has 1 rings (SSSR count). The molecule has 0 amide bonds. The molecule has 1 N–H and O–H groups in total. The van der Waals surface area contributed by atoms with E-state index in [2.05, 4.69) is 0 Å². The van der Waals surface area contributed by atoms with Crippen molar-refractivity contribution in [3.05, 3.63) is 0 Å². The van der Waals surface area contributed by atoms with Gasteiger partial charge in [0, 0.05) is 0 Å². The molecule has 0 aromatic rings. The van der Waals surface area contributed by atoms with Crippen LogP contribution in [0.5, 0.6) is 0 Å². The lowest BCUT2D eigenvalue weighted by Gasteiger charge is -2.29. The summed E-state index contributed by atoms with van der Waals surface area (Å²) in [6, 6.07) is 0. The molecule has 1 fully saturated rings. The second-order valence-corrected chi connectivity index (χ2v) is 7.92. The van der Waals surface area contributed by atoms with Gasteiger partial charge in [0.25, 0.3) is 20.2 Å². The molecule has 0 bridgehead atoms. The van der Waals surface area contributed by atoms with Gasteiger partial charge in [-0.2, -0.15) is 16.8 Å². The van der Waals surface area contributed by atoms with E-state index >= 15 is 0 Å². The highest BCUT2D eigenvalue weighted by Crippen LogP contribution is 2.30. The molecule has 2 unspecified atom stereocenters. The SMILES string of the molecule is CCC1CCCCC1OS(=O)(=O)CCS(=O)(=O)O. The number of rotatable bonds is 6. The molecule has 0 radical (unpaired) electrons. The molecule has 0 saturated heterocycles. The Morgan fingerprint density at radius 3 is 2.28 bits per heavy atom. The van der Waals surface area contributed by atoms with E-state index in [0.717, 1.165) is 25.7 Å². The van der Waals surface area contributed by atoms with Crippen LogP contribution in [0.3, 0.4) is 0 Å². The van der Waals surface area contributed by atoms with Gasteiger partial charge in [0.2, 0.25) is 0 Å². The monoisotopic (exact) mass is 300 g/mol. The van der Waals surface area contributed by atoms with Crippen molar-refractivity contribution in [1.82, 2.24) is 0 Å². The summed E-state index contributed by atoms with van der Waals surface area (Å²) in [4.78, 5) is 0. The Labute approximate surface area is 109 Å². The van der Waals surface area contributed by atoms with Crippen molar-refractivity contribution in [2.45, 2.75) is 45.1 Å². The lowest BCUT2D eigenvalue weighted by Crippen LogP contribution is -2.31. The molecule has 108 valence electrons. The van der Waals surface area contributed by atoms with Crippen molar-refractivity contribution in [1.29, 1.82) is 0 Å². The Hall–Kier alpha value is -0.180. The lowest BCUT2D eigenvalue weighted by atomic mass is 9.85. The molecule has 1 saturated carbocycles. The van der Waals surface area contributed by atoms with E-state index in [1.165, 1.54) is 0 Å². The number of hydrogen-bond donors (Lipinski definition) is 1. The molecule has 0 aromatic heterocycles. The minimum atomic E-state index is -4.28. The largest absolute Gasteiger partial charge is 0.286 e. The van der Waals surface area contributed by atoms with Crippen LogP contribution in [-0.4, -0.2) is 39.0 Å². The molecule has 1 aliphatic rings. The van der Waals surface area contributed by atoms with Crippen LogP contribution >= 0.6 is 0 Å². The Morgan fingerprint density at radius 2 is 1.72 bits per heavy atom. The Bertz CT molecular complexity index is 453. The zero-order chi connectivity index (χ0) is 13.8. The van der Waals surface area contributed by atoms with E-state index < -0.39 is 31.7 Å². The van der Waals surface area contributed by atoms with Gasteiger partial charge in [0.1, 0.15) is 0 Å². The summed E-state index contributed by atoms with van der Waals surface area (Å²) in [5, 5.41) is 0. The fraction of sp³-hybridized carbons (Fsp3) is 1.00. The van der Waals surface area contributed by atoms with Crippen LogP contribution in [0.15, 0.2) is 0 Å². The Balaban J connectivity index is 2.58. The minimum absolute atomic E-state index is 0.208. The van der Waals surface area contributed by atoms with Gasteiger partial charge in [-0.1, -0.05) is 26.2 Å². The van der Waals surface area contributed by atoms with Crippen LogP contribution < -0.4 is 0 Å². The predicted octanol–water partition coefficient (Wildman–Crippen LogP) is 1.19. The van der Waals surface area contributed by atoms with Gasteiger partial charge in [-0.25, -0.2) is 0 Å². The van der Waals surface area contributed by atoms with E-state index in [9.17, 15) is 16.8 Å². The smallest absolute Gasteiger partial charge is 0.268 e. The van der Waals surface area contributed by atoms with Crippen molar-refractivity contribution >= 4 is 20.2 Å². The average molecular weight is 300 g/mol. The van der Waals surface area contributed by atoms with Crippen molar-refractivity contribution in [3.63, 3.8) is 0 Å². The molecular formula is C10H20O6S2. The van der Waals surface area contributed by atoms with Crippen molar-refractivity contribution in [3.8, 4) is 0 Å². The Morgan fingerprint density at radius 1 is 1.11 bits per heavy atom. The van der Waals surface area contributed by atoms with Crippen molar-refractivity contribution in [2.24, 2.45) is 5.92 Å². The molecule has 8 heteroatoms. The zero-order valence-electron chi connectivity index (χ0n) is 10.4. The van der Waals surface area contributed by atoms with Crippen LogP contribution in [0.25, 0.3) is 0 Å². The summed E-state index contributed by atoms with van der Waals surface area (Å²) < 4.78 is 57.9. The van der Waals surface area contributed by atoms with Gasteiger partial charge in [0.15, 0.2) is 0 Å². The summed E-state index contributed by atoms with van der Waals surface area (Å²) in [7, 11) is -8.17. The highest BCUT2D eigenvalue weighted by atomic mass is 32.2. The van der Waals surface area contributed by atoms with Crippen LogP contribution in [0, 0.1) is 5.92 Å². The number of hydrogen-bond acceptors (Lipinski definition) is 5. The van der Waals surface area contributed by atoms with E-state index in [4.69, 9.17) is 8.74 Å². The minimum Gasteiger partial charge on any atom is -0.286 e. The maximum Gasteiger partial charge on any atom is 0.268 e. The van der Waals surface area contributed by atoms with E-state index in [1.807, 2.05) is 6.92 Å². The summed E-state index contributed by atoms with van der Waals surface area (Å²) in [6.45, 7) is 1.98. The zero-order valence-corrected chi connectivity index (χ0v) is 12.0. The maximum atomic E-state index is 11.6. The third kappa shape index (κ3) is 5.64. The first-order valence-corrected chi connectivity index (χ1v) is 9.28. The summed E-state index contributed by atoms with van der Waals surface area (Å²) in [5.41, 5.74) is 0. The molecule has 0 spiro atoms. The third-order valence-electron chi connectivity index (χ3n) is 3.23. The first-order chi connectivity index (χ1) is 8.23. The van der Waals surface area contributed by atoms with Gasteiger partial charge in [0.05, 0.1) is 17.6 Å². The highest BCUT2D eigenvalue weighted by Gasteiger charge is 2.29. The van der Waals surface area contributed by atoms with Gasteiger partial charge in [-0.15, -0.1) is 0 Å². The third-order valence-corrected chi connectivity index (χ3v) is 5.45. The molecule has 18 heavy (non-hydrogen) atoms. The summed E-state index contributed by atoms with van der Waals surface area (Å²) in [6.07, 6.45) is 4.12. The van der Waals surface area contributed by atoms with Gasteiger partial charge < -0.3 is 0 Å². The molecule has 2 atom stereocenters. The molecule has 6 nitrogen and oxygen atoms in total. The van der Waals surface area contributed by atoms with E-state index in [0.29, 0.717) is 6.42 Å². The molecule has 1 aliphatic carbocycles. The fourth-order valence-corrected chi connectivity index (χ4v) is 4.60. The van der Waals surface area contributed by atoms with E-state index in [1.54, 1.807) is 0 Å². The first kappa shape index (κ1) is 15.9. The van der Waals surface area contributed by atoms with Crippen LogP contribution in [0.4, 0.5) is 0 Å². The standard InChI is InChI=1S/C10H20O6S2/c1-2-9-5-3-4-6-10(9)16-18(14,15)8-7-17(11,12)13/h9-10H,2-8H2,1H3,(H,11,12,13). The average Bonchev–Trinajstić information content (AvgIpc) is 2.26. The van der Waals surface area contributed by atoms with Crippen LogP contribution in [-0.2, 0) is 24.4 Å².